The van der Waals surface area contributed by atoms with Crippen molar-refractivity contribution in [3.8, 4) is 22.5 Å². The zero-order valence-corrected chi connectivity index (χ0v) is 36.0. The fourth-order valence-corrected chi connectivity index (χ4v) is 7.63. The summed E-state index contributed by atoms with van der Waals surface area (Å²) >= 11 is 6.34. The third-order valence-electron chi connectivity index (χ3n) is 11.0. The van der Waals surface area contributed by atoms with E-state index in [2.05, 4.69) is 30.9 Å². The SMILES string of the molecule is Cc1c(NC(=O)c2ccc(C(C)(C)O)cc2F)cc(F)cc1-c1ncnc2[nH]c(-c3ccc(CNCCCCCN(C)C(=O)c4ccc(Cl)c(N5CCC(=O)NC5=O)c4)cc3)cc12. The van der Waals surface area contributed by atoms with E-state index in [1.807, 2.05) is 30.3 Å². The molecule has 6 aromatic rings. The number of carbonyl (C=O) groups excluding carboxylic acids is 4. The fourth-order valence-electron chi connectivity index (χ4n) is 7.41. The second-order valence-electron chi connectivity index (χ2n) is 16.1. The number of imide groups is 1. The van der Waals surface area contributed by atoms with Crippen LogP contribution in [0.4, 0.5) is 25.0 Å². The molecule has 1 fully saturated rings. The molecule has 0 aliphatic carbocycles. The van der Waals surface area contributed by atoms with Crippen molar-refractivity contribution >= 4 is 57.8 Å². The first-order valence-electron chi connectivity index (χ1n) is 20.5. The molecule has 3 heterocycles. The maximum atomic E-state index is 15.1. The smallest absolute Gasteiger partial charge is 0.328 e. The van der Waals surface area contributed by atoms with E-state index >= 15 is 4.39 Å². The highest BCUT2D eigenvalue weighted by molar-refractivity contribution is 6.34. The number of H-pyrrole nitrogens is 1. The van der Waals surface area contributed by atoms with Crippen molar-refractivity contribution in [2.75, 3.05) is 36.9 Å². The largest absolute Gasteiger partial charge is 0.386 e. The number of fused-ring (bicyclic) bond motifs is 1. The van der Waals surface area contributed by atoms with Gasteiger partial charge in [0.25, 0.3) is 11.8 Å². The normalized spacial score (nSPS) is 13.0. The summed E-state index contributed by atoms with van der Waals surface area (Å²) in [5, 5.41) is 19.6. The molecule has 326 valence electrons. The number of carbonyl (C=O) groups is 4. The molecule has 4 aromatic carbocycles. The molecule has 0 spiro atoms. The highest BCUT2D eigenvalue weighted by Gasteiger charge is 2.27. The third kappa shape index (κ3) is 10.2. The number of hydrogen-bond donors (Lipinski definition) is 5. The summed E-state index contributed by atoms with van der Waals surface area (Å²) in [7, 11) is 1.74. The molecule has 63 heavy (non-hydrogen) atoms. The molecule has 16 heteroatoms. The maximum Gasteiger partial charge on any atom is 0.328 e. The second kappa shape index (κ2) is 18.8. The van der Waals surface area contributed by atoms with Crippen LogP contribution in [0.15, 0.2) is 85.2 Å². The molecule has 0 atom stereocenters. The third-order valence-corrected chi connectivity index (χ3v) is 11.4. The Morgan fingerprint density at radius 2 is 1.75 bits per heavy atom. The zero-order chi connectivity index (χ0) is 45.0. The van der Waals surface area contributed by atoms with Crippen molar-refractivity contribution in [2.45, 2.75) is 58.6 Å². The predicted molar refractivity (Wildman–Crippen MR) is 239 cm³/mol. The van der Waals surface area contributed by atoms with Gasteiger partial charge in [0.2, 0.25) is 5.91 Å². The van der Waals surface area contributed by atoms with Gasteiger partial charge in [0, 0.05) is 61.0 Å². The number of nitrogens with one attached hydrogen (secondary N) is 4. The van der Waals surface area contributed by atoms with E-state index in [9.17, 15) is 28.7 Å². The number of halogens is 3. The van der Waals surface area contributed by atoms with E-state index in [1.165, 1.54) is 49.3 Å². The quantitative estimate of drug-likeness (QED) is 0.0639. The van der Waals surface area contributed by atoms with E-state index in [1.54, 1.807) is 37.1 Å². The Hall–Kier alpha value is -6.55. The molecule has 1 aliphatic rings. The van der Waals surface area contributed by atoms with Crippen molar-refractivity contribution in [3.05, 3.63) is 130 Å². The van der Waals surface area contributed by atoms with Gasteiger partial charge < -0.3 is 25.6 Å². The topological polar surface area (TPSA) is 173 Å². The summed E-state index contributed by atoms with van der Waals surface area (Å²) < 4.78 is 30.1. The number of aromatic nitrogens is 3. The molecule has 0 bridgehead atoms. The zero-order valence-electron chi connectivity index (χ0n) is 35.2. The summed E-state index contributed by atoms with van der Waals surface area (Å²) in [4.78, 5) is 65.5. The first-order chi connectivity index (χ1) is 30.1. The summed E-state index contributed by atoms with van der Waals surface area (Å²) in [5.74, 6) is -2.73. The number of nitrogens with zero attached hydrogens (tertiary/aromatic N) is 4. The summed E-state index contributed by atoms with van der Waals surface area (Å²) in [6, 6.07) is 20.6. The average molecular weight is 877 g/mol. The Labute approximate surface area is 367 Å². The van der Waals surface area contributed by atoms with Crippen LogP contribution in [0.25, 0.3) is 33.5 Å². The molecule has 0 radical (unpaired) electrons. The van der Waals surface area contributed by atoms with Gasteiger partial charge in [-0.15, -0.1) is 0 Å². The van der Waals surface area contributed by atoms with Gasteiger partial charge in [0.05, 0.1) is 27.6 Å². The lowest BCUT2D eigenvalue weighted by atomic mass is 9.96. The van der Waals surface area contributed by atoms with Gasteiger partial charge in [-0.1, -0.05) is 48.4 Å². The van der Waals surface area contributed by atoms with E-state index in [-0.39, 0.29) is 36.0 Å². The first-order valence-corrected chi connectivity index (χ1v) is 20.9. The monoisotopic (exact) mass is 876 g/mol. The minimum absolute atomic E-state index is 0.151. The molecule has 7 rings (SSSR count). The van der Waals surface area contributed by atoms with Crippen molar-refractivity contribution in [1.82, 2.24) is 30.5 Å². The molecule has 5 N–H and O–H groups in total. The van der Waals surface area contributed by atoms with Gasteiger partial charge >= 0.3 is 6.03 Å². The Morgan fingerprint density at radius 1 is 0.968 bits per heavy atom. The molecule has 13 nitrogen and oxygen atoms in total. The van der Waals surface area contributed by atoms with Gasteiger partial charge in [-0.3, -0.25) is 24.6 Å². The Balaban J connectivity index is 0.912. The maximum absolute atomic E-state index is 15.1. The van der Waals surface area contributed by atoms with Crippen LogP contribution in [0.5, 0.6) is 0 Å². The lowest BCUT2D eigenvalue weighted by Gasteiger charge is -2.28. The minimum Gasteiger partial charge on any atom is -0.386 e. The van der Waals surface area contributed by atoms with Gasteiger partial charge in [0.1, 0.15) is 23.6 Å². The molecule has 0 saturated carbocycles. The number of anilines is 2. The van der Waals surface area contributed by atoms with Crippen molar-refractivity contribution in [1.29, 1.82) is 0 Å². The average Bonchev–Trinajstić information content (AvgIpc) is 3.69. The van der Waals surface area contributed by atoms with E-state index < -0.39 is 29.2 Å². The Kier molecular flexibility index (Phi) is 13.3. The van der Waals surface area contributed by atoms with Gasteiger partial charge in [-0.2, -0.15) is 0 Å². The molecule has 2 aromatic heterocycles. The van der Waals surface area contributed by atoms with Crippen LogP contribution in [0.2, 0.25) is 5.02 Å². The lowest BCUT2D eigenvalue weighted by molar-refractivity contribution is -0.120. The Morgan fingerprint density at radius 3 is 2.48 bits per heavy atom. The van der Waals surface area contributed by atoms with Gasteiger partial charge in [-0.25, -0.2) is 23.5 Å². The summed E-state index contributed by atoms with van der Waals surface area (Å²) in [6.07, 6.45) is 4.17. The standard InChI is InChI=1S/C47H47ClF2N8O5/c1-27-34(22-32(49)23-38(27)55-44(60)33-14-13-31(21-37(33)50)47(2,3)63)42-35-24-39(54-43(35)53-26-52-42)29-10-8-28(9-11-29)25-51-17-6-5-7-18-57(4)45(61)30-12-15-36(48)40(20-30)58-19-16-41(59)56-46(58)62/h8-15,20-24,26,51,63H,5-7,16-19,25H2,1-4H3,(H,55,60)(H,52,53,54)(H,56,59,62). The highest BCUT2D eigenvalue weighted by atomic mass is 35.5. The number of amides is 5. The predicted octanol–water partition coefficient (Wildman–Crippen LogP) is 8.49. The van der Waals surface area contributed by atoms with Crippen LogP contribution in [0.1, 0.15) is 76.9 Å². The molecule has 5 amide bonds. The van der Waals surface area contributed by atoms with Crippen LogP contribution < -0.4 is 20.9 Å². The summed E-state index contributed by atoms with van der Waals surface area (Å²) in [6.45, 7) is 6.96. The Bertz CT molecular complexity index is 2720. The first kappa shape index (κ1) is 44.5. The molecule has 0 unspecified atom stereocenters. The molecular formula is C47H47ClF2N8O5. The van der Waals surface area contributed by atoms with E-state index in [0.717, 1.165) is 48.7 Å². The van der Waals surface area contributed by atoms with Crippen molar-refractivity contribution in [3.63, 3.8) is 0 Å². The number of aromatic amines is 1. The minimum atomic E-state index is -1.29. The van der Waals surface area contributed by atoms with Crippen LogP contribution in [0.3, 0.4) is 0 Å². The van der Waals surface area contributed by atoms with Gasteiger partial charge in [0.15, 0.2) is 0 Å². The number of hydrogen-bond acceptors (Lipinski definition) is 8. The number of benzene rings is 4. The lowest BCUT2D eigenvalue weighted by Crippen LogP contribution is -2.49. The number of unbranched alkanes of at least 4 members (excludes halogenated alkanes) is 2. The number of aliphatic hydroxyl groups is 1. The molecule has 1 aliphatic heterocycles. The van der Waals surface area contributed by atoms with E-state index in [0.29, 0.717) is 62.8 Å². The molecular weight excluding hydrogens is 830 g/mol. The molecule has 1 saturated heterocycles. The van der Waals surface area contributed by atoms with Crippen molar-refractivity contribution in [2.24, 2.45) is 0 Å². The second-order valence-corrected chi connectivity index (χ2v) is 16.5. The van der Waals surface area contributed by atoms with Crippen LogP contribution in [0, 0.1) is 18.6 Å². The van der Waals surface area contributed by atoms with Crippen molar-refractivity contribution < 1.29 is 33.1 Å². The van der Waals surface area contributed by atoms with E-state index in [4.69, 9.17) is 11.6 Å². The van der Waals surface area contributed by atoms with Crippen LogP contribution in [-0.2, 0) is 16.9 Å². The van der Waals surface area contributed by atoms with Crippen LogP contribution >= 0.6 is 11.6 Å². The highest BCUT2D eigenvalue weighted by Crippen LogP contribution is 2.35. The number of urea groups is 1. The van der Waals surface area contributed by atoms with Crippen LogP contribution in [-0.4, -0.2) is 75.4 Å². The number of rotatable bonds is 15. The fraction of sp³-hybridized carbons (Fsp3) is 0.277. The van der Waals surface area contributed by atoms with Gasteiger partial charge in [-0.05, 0) is 111 Å². The summed E-state index contributed by atoms with van der Waals surface area (Å²) in [5.41, 5.74) is 4.46.